The third-order valence-electron chi connectivity index (χ3n) is 2.10. The summed E-state index contributed by atoms with van der Waals surface area (Å²) in [6.45, 7) is 2.19. The Labute approximate surface area is 97.8 Å². The summed E-state index contributed by atoms with van der Waals surface area (Å²) in [6, 6.07) is 9.84. The van der Waals surface area contributed by atoms with Crippen LogP contribution in [0, 0.1) is 11.8 Å². The van der Waals surface area contributed by atoms with Crippen molar-refractivity contribution in [1.29, 1.82) is 0 Å². The van der Waals surface area contributed by atoms with Gasteiger partial charge in [0.15, 0.2) is 0 Å². The lowest BCUT2D eigenvalue weighted by atomic mass is 10.2. The Bertz CT molecular complexity index is 357. The molecule has 0 spiro atoms. The number of benzene rings is 1. The van der Waals surface area contributed by atoms with Crippen LogP contribution in [-0.4, -0.2) is 6.21 Å². The van der Waals surface area contributed by atoms with Crippen LogP contribution in [0.3, 0.4) is 0 Å². The third kappa shape index (κ3) is 5.87. The lowest BCUT2D eigenvalue weighted by Gasteiger charge is -1.95. The molecule has 1 N–H and O–H groups in total. The summed E-state index contributed by atoms with van der Waals surface area (Å²) < 4.78 is 0. The Morgan fingerprint density at radius 1 is 1.25 bits per heavy atom. The fraction of sp³-hybridized carbons (Fsp3) is 0.357. The number of hydrogen-bond acceptors (Lipinski definition) is 2. The minimum atomic E-state index is 0.963. The molecule has 0 amide bonds. The topological polar surface area (TPSA) is 24.4 Å². The van der Waals surface area contributed by atoms with Gasteiger partial charge in [0.2, 0.25) is 0 Å². The minimum absolute atomic E-state index is 0.963. The molecule has 16 heavy (non-hydrogen) atoms. The molecule has 0 atom stereocenters. The number of hydrazone groups is 1. The number of para-hydroxylation sites is 1. The van der Waals surface area contributed by atoms with Gasteiger partial charge in [-0.3, -0.25) is 5.43 Å². The molecule has 84 valence electrons. The second kappa shape index (κ2) is 8.55. The number of anilines is 1. The Hall–Kier alpha value is -1.75. The summed E-state index contributed by atoms with van der Waals surface area (Å²) >= 11 is 0. The molecular weight excluding hydrogens is 196 g/mol. The first kappa shape index (κ1) is 12.3. The molecule has 0 unspecified atom stereocenters. The van der Waals surface area contributed by atoms with Crippen LogP contribution in [0.1, 0.15) is 32.6 Å². The molecule has 0 heterocycles. The second-order valence-electron chi connectivity index (χ2n) is 3.51. The van der Waals surface area contributed by atoms with Crippen molar-refractivity contribution in [2.45, 2.75) is 32.6 Å². The van der Waals surface area contributed by atoms with Gasteiger partial charge in [-0.2, -0.15) is 5.10 Å². The van der Waals surface area contributed by atoms with Gasteiger partial charge in [0.25, 0.3) is 0 Å². The Balaban J connectivity index is 2.18. The van der Waals surface area contributed by atoms with E-state index in [2.05, 4.69) is 29.3 Å². The van der Waals surface area contributed by atoms with Crippen molar-refractivity contribution in [1.82, 2.24) is 0 Å². The van der Waals surface area contributed by atoms with Crippen LogP contribution in [0.2, 0.25) is 0 Å². The normalized spacial score (nSPS) is 9.81. The monoisotopic (exact) mass is 214 g/mol. The van der Waals surface area contributed by atoms with Crippen LogP contribution in [-0.2, 0) is 0 Å². The second-order valence-corrected chi connectivity index (χ2v) is 3.51. The first-order valence-electron chi connectivity index (χ1n) is 5.74. The van der Waals surface area contributed by atoms with Crippen molar-refractivity contribution in [2.75, 3.05) is 5.43 Å². The molecular formula is C14H18N2. The summed E-state index contributed by atoms with van der Waals surface area (Å²) in [5.41, 5.74) is 3.89. The first-order chi connectivity index (χ1) is 7.93. The zero-order valence-corrected chi connectivity index (χ0v) is 9.74. The van der Waals surface area contributed by atoms with E-state index in [0.29, 0.717) is 0 Å². The first-order valence-corrected chi connectivity index (χ1v) is 5.74. The number of hydrogen-bond donors (Lipinski definition) is 1. The van der Waals surface area contributed by atoms with Crippen LogP contribution in [0.25, 0.3) is 0 Å². The number of unbranched alkanes of at least 4 members (excludes halogenated alkanes) is 3. The standard InChI is InChI=1S/C14H18N2/c1-2-3-4-5-6-10-13-15-16-14-11-8-7-9-12-14/h7-9,11-13,16H,2-5H2,1H3/b15-13-. The zero-order chi connectivity index (χ0) is 11.5. The van der Waals surface area contributed by atoms with Gasteiger partial charge >= 0.3 is 0 Å². The van der Waals surface area contributed by atoms with Gasteiger partial charge in [0.05, 0.1) is 11.9 Å². The zero-order valence-electron chi connectivity index (χ0n) is 9.74. The number of nitrogens with one attached hydrogen (secondary N) is 1. The Morgan fingerprint density at radius 2 is 2.06 bits per heavy atom. The summed E-state index contributed by atoms with van der Waals surface area (Å²) in [5.74, 6) is 5.98. The quantitative estimate of drug-likeness (QED) is 0.344. The van der Waals surface area contributed by atoms with E-state index in [-0.39, 0.29) is 0 Å². The predicted octanol–water partition coefficient (Wildman–Crippen LogP) is 3.67. The Morgan fingerprint density at radius 3 is 2.81 bits per heavy atom. The average Bonchev–Trinajstić information content (AvgIpc) is 2.34. The molecule has 0 aliphatic heterocycles. The fourth-order valence-electron chi connectivity index (χ4n) is 1.23. The van der Waals surface area contributed by atoms with Gasteiger partial charge in [-0.05, 0) is 18.6 Å². The summed E-state index contributed by atoms with van der Waals surface area (Å²) in [7, 11) is 0. The average molecular weight is 214 g/mol. The van der Waals surface area contributed by atoms with E-state index >= 15 is 0 Å². The van der Waals surface area contributed by atoms with Gasteiger partial charge in [-0.15, -0.1) is 0 Å². The van der Waals surface area contributed by atoms with E-state index in [9.17, 15) is 0 Å². The lowest BCUT2D eigenvalue weighted by molar-refractivity contribution is 0.737. The van der Waals surface area contributed by atoms with E-state index in [0.717, 1.165) is 12.1 Å². The highest BCUT2D eigenvalue weighted by molar-refractivity contribution is 5.78. The van der Waals surface area contributed by atoms with Crippen molar-refractivity contribution in [2.24, 2.45) is 5.10 Å². The van der Waals surface area contributed by atoms with E-state index < -0.39 is 0 Å². The molecule has 2 heteroatoms. The van der Waals surface area contributed by atoms with Crippen molar-refractivity contribution < 1.29 is 0 Å². The minimum Gasteiger partial charge on any atom is -0.278 e. The summed E-state index contributed by atoms with van der Waals surface area (Å²) in [5, 5.41) is 4.01. The molecule has 0 aromatic heterocycles. The highest BCUT2D eigenvalue weighted by atomic mass is 15.3. The van der Waals surface area contributed by atoms with Crippen LogP contribution < -0.4 is 5.43 Å². The van der Waals surface area contributed by atoms with E-state index in [1.165, 1.54) is 19.3 Å². The highest BCUT2D eigenvalue weighted by Crippen LogP contribution is 2.03. The Kier molecular flexibility index (Phi) is 6.58. The fourth-order valence-corrected chi connectivity index (χ4v) is 1.23. The van der Waals surface area contributed by atoms with Gasteiger partial charge in [-0.1, -0.05) is 49.8 Å². The van der Waals surface area contributed by atoms with Gasteiger partial charge in [0.1, 0.15) is 0 Å². The van der Waals surface area contributed by atoms with Crippen LogP contribution >= 0.6 is 0 Å². The third-order valence-corrected chi connectivity index (χ3v) is 2.10. The molecule has 1 aromatic rings. The van der Waals surface area contributed by atoms with Gasteiger partial charge in [0, 0.05) is 6.42 Å². The largest absolute Gasteiger partial charge is 0.278 e. The predicted molar refractivity (Wildman–Crippen MR) is 70.5 cm³/mol. The SMILES string of the molecule is CCCCCC#C/C=N\Nc1ccccc1. The smallest absolute Gasteiger partial charge is 0.0970 e. The molecule has 0 radical (unpaired) electrons. The summed E-state index contributed by atoms with van der Waals surface area (Å²) in [4.78, 5) is 0. The van der Waals surface area contributed by atoms with Crippen molar-refractivity contribution in [3.8, 4) is 11.8 Å². The van der Waals surface area contributed by atoms with E-state index in [4.69, 9.17) is 0 Å². The molecule has 1 aromatic carbocycles. The van der Waals surface area contributed by atoms with Gasteiger partial charge in [-0.25, -0.2) is 0 Å². The molecule has 0 bridgehead atoms. The molecule has 2 nitrogen and oxygen atoms in total. The van der Waals surface area contributed by atoms with Crippen LogP contribution in [0.4, 0.5) is 5.69 Å². The highest BCUT2D eigenvalue weighted by Gasteiger charge is 1.82. The molecule has 0 saturated heterocycles. The van der Waals surface area contributed by atoms with E-state index in [1.807, 2.05) is 30.3 Å². The van der Waals surface area contributed by atoms with E-state index in [1.54, 1.807) is 6.21 Å². The van der Waals surface area contributed by atoms with Crippen molar-refractivity contribution in [3.63, 3.8) is 0 Å². The van der Waals surface area contributed by atoms with Crippen molar-refractivity contribution in [3.05, 3.63) is 30.3 Å². The lowest BCUT2D eigenvalue weighted by Crippen LogP contribution is -1.86. The molecule has 1 rings (SSSR count). The van der Waals surface area contributed by atoms with Crippen LogP contribution in [0.15, 0.2) is 35.4 Å². The van der Waals surface area contributed by atoms with Crippen LogP contribution in [0.5, 0.6) is 0 Å². The maximum absolute atomic E-state index is 4.01. The number of rotatable bonds is 5. The molecule has 0 fully saturated rings. The maximum Gasteiger partial charge on any atom is 0.0970 e. The van der Waals surface area contributed by atoms with Crippen molar-refractivity contribution >= 4 is 11.9 Å². The molecule has 0 aliphatic rings. The molecule has 0 aliphatic carbocycles. The summed E-state index contributed by atoms with van der Waals surface area (Å²) in [6.07, 6.45) is 6.26. The molecule has 0 saturated carbocycles. The number of nitrogens with zero attached hydrogens (tertiary/aromatic N) is 1. The van der Waals surface area contributed by atoms with Gasteiger partial charge < -0.3 is 0 Å². The maximum atomic E-state index is 4.01.